The second kappa shape index (κ2) is 16.7. The highest BCUT2D eigenvalue weighted by molar-refractivity contribution is 7.98. The molecule has 5 aromatic rings. The first-order valence-electron chi connectivity index (χ1n) is 27.0. The zero-order valence-corrected chi connectivity index (χ0v) is 27.7. The highest BCUT2D eigenvalue weighted by atomic mass is 32.2. The quantitative estimate of drug-likeness (QED) is 0.0939. The Morgan fingerprint density at radius 3 is 2.43 bits per heavy atom. The van der Waals surface area contributed by atoms with Crippen LogP contribution in [-0.4, -0.2) is 59.4 Å². The lowest BCUT2D eigenvalue weighted by molar-refractivity contribution is -0.137. The standard InChI is InChI=1S/C41H40F5N3O3S/c1-27-6-15-34-36(22-27)49(39(23-37(34)50)53-26-31-4-3-5-35(42)40(31)43)25-38(51)48(33-16-18-47(19-17-33)20-21-52-2)24-28-7-9-29(10-8-28)30-11-13-32(14-12-30)41(44,45)46/h3-15,22-23,33H,16-21,24-26H2,1-2H3/i2D3,6D,15D,16D2,17D2,18D2,19D2,20D2,21D2,22D,23D,24D2,26D2,33D. The Labute approximate surface area is 342 Å². The van der Waals surface area contributed by atoms with Gasteiger partial charge in [0.05, 0.1) is 39.1 Å². The van der Waals surface area contributed by atoms with Gasteiger partial charge in [-0.2, -0.15) is 13.2 Å². The van der Waals surface area contributed by atoms with Crippen LogP contribution in [-0.2, 0) is 34.5 Å². The van der Waals surface area contributed by atoms with Crippen molar-refractivity contribution in [3.05, 3.63) is 135 Å². The molecule has 6 rings (SSSR count). The van der Waals surface area contributed by atoms with Crippen LogP contribution in [0.2, 0.25) is 0 Å². The van der Waals surface area contributed by atoms with Crippen molar-refractivity contribution in [2.24, 2.45) is 0 Å². The number of amides is 1. The number of hydrogen-bond acceptors (Lipinski definition) is 5. The van der Waals surface area contributed by atoms with E-state index in [1.54, 1.807) is 0 Å². The number of pyridine rings is 1. The van der Waals surface area contributed by atoms with Crippen LogP contribution in [0.5, 0.6) is 0 Å². The van der Waals surface area contributed by atoms with Crippen LogP contribution in [0.4, 0.5) is 22.0 Å². The molecular formula is C41H40F5N3O3S. The molecule has 1 amide bonds. The molecule has 53 heavy (non-hydrogen) atoms. The van der Waals surface area contributed by atoms with Crippen LogP contribution in [0.3, 0.4) is 0 Å². The minimum atomic E-state index is -4.89. The molecule has 278 valence electrons. The lowest BCUT2D eigenvalue weighted by Gasteiger charge is -2.39. The smallest absolute Gasteiger partial charge is 0.383 e. The minimum absolute atomic E-state index is 0.00540. The summed E-state index contributed by atoms with van der Waals surface area (Å²) in [6, 6.07) is -0.0841. The van der Waals surface area contributed by atoms with Gasteiger partial charge in [-0.1, -0.05) is 54.6 Å². The summed E-state index contributed by atoms with van der Waals surface area (Å²) >= 11 is -0.336. The number of methoxy groups -OCH3 is 1. The maximum atomic E-state index is 15.7. The third-order valence-corrected chi connectivity index (χ3v) is 8.15. The van der Waals surface area contributed by atoms with Crippen LogP contribution >= 0.6 is 11.8 Å². The predicted molar refractivity (Wildman–Crippen MR) is 198 cm³/mol. The minimum Gasteiger partial charge on any atom is -0.383 e. The fourth-order valence-corrected chi connectivity index (χ4v) is 5.55. The molecule has 1 saturated heterocycles. The number of thioether (sulfide) groups is 1. The van der Waals surface area contributed by atoms with Crippen LogP contribution in [0.25, 0.3) is 22.0 Å². The molecule has 0 saturated carbocycles. The molecule has 2 heterocycles. The Kier molecular flexibility index (Phi) is 5.72. The maximum Gasteiger partial charge on any atom is 0.416 e. The molecule has 0 radical (unpaired) electrons. The van der Waals surface area contributed by atoms with E-state index in [2.05, 4.69) is 4.74 Å². The first-order chi connectivity index (χ1) is 34.6. The lowest BCUT2D eigenvalue weighted by Crippen LogP contribution is -2.48. The summed E-state index contributed by atoms with van der Waals surface area (Å²) in [4.78, 5) is 27.8. The van der Waals surface area contributed by atoms with Crippen molar-refractivity contribution in [3.8, 4) is 11.1 Å². The Morgan fingerprint density at radius 2 is 1.75 bits per heavy atom. The normalized spacial score (nSPS) is 26.5. The molecule has 1 aliphatic heterocycles. The number of alkyl halides is 3. The summed E-state index contributed by atoms with van der Waals surface area (Å²) in [5.41, 5.74) is -9.42. The van der Waals surface area contributed by atoms with Gasteiger partial charge in [0.25, 0.3) is 0 Å². The summed E-state index contributed by atoms with van der Waals surface area (Å²) in [6.45, 7) is -23.6. The van der Waals surface area contributed by atoms with Crippen molar-refractivity contribution >= 4 is 28.6 Å². The van der Waals surface area contributed by atoms with Gasteiger partial charge in [-0.3, -0.25) is 9.59 Å². The molecule has 0 atom stereocenters. The topological polar surface area (TPSA) is 54.8 Å². The summed E-state index contributed by atoms with van der Waals surface area (Å²) in [6.07, 6.45) is -14.5. The van der Waals surface area contributed by atoms with Gasteiger partial charge in [-0.05, 0) is 72.2 Å². The van der Waals surface area contributed by atoms with Gasteiger partial charge >= 0.3 is 6.18 Å². The third kappa shape index (κ3) is 9.17. The van der Waals surface area contributed by atoms with E-state index >= 15 is 9.18 Å². The molecule has 0 N–H and O–H groups in total. The number of rotatable bonds is 12. The number of nitrogens with zero attached hydrogens (tertiary/aromatic N) is 3. The number of hydrogen-bond donors (Lipinski definition) is 0. The number of benzene rings is 4. The lowest BCUT2D eigenvalue weighted by atomic mass is 10.00. The summed E-state index contributed by atoms with van der Waals surface area (Å²) in [5.74, 6) is -5.67. The molecule has 1 aliphatic rings. The summed E-state index contributed by atoms with van der Waals surface area (Å²) < 4.78 is 285. The number of fused-ring (bicyclic) bond motifs is 1. The molecule has 0 unspecified atom stereocenters. The van der Waals surface area contributed by atoms with Gasteiger partial charge in [-0.15, -0.1) is 11.8 Å². The summed E-state index contributed by atoms with van der Waals surface area (Å²) in [5, 5.41) is -2.20. The highest BCUT2D eigenvalue weighted by Crippen LogP contribution is 2.32. The number of carbonyl (C=O) groups is 1. The van der Waals surface area contributed by atoms with Gasteiger partial charge < -0.3 is 19.1 Å². The molecule has 6 nitrogen and oxygen atoms in total. The van der Waals surface area contributed by atoms with E-state index in [1.165, 1.54) is 0 Å². The van der Waals surface area contributed by atoms with E-state index in [1.807, 2.05) is 0 Å². The molecule has 1 aromatic heterocycles. The van der Waals surface area contributed by atoms with Crippen molar-refractivity contribution < 1.29 is 64.4 Å². The molecule has 0 bridgehead atoms. The van der Waals surface area contributed by atoms with Gasteiger partial charge in [-0.25, -0.2) is 8.78 Å². The number of ether oxygens (including phenoxy) is 1. The van der Waals surface area contributed by atoms with Crippen molar-refractivity contribution in [1.29, 1.82) is 0 Å². The predicted octanol–water partition coefficient (Wildman–Crippen LogP) is 8.71. The van der Waals surface area contributed by atoms with E-state index in [4.69, 9.17) is 23.3 Å². The number of aromatic nitrogens is 1. The molecule has 4 aromatic carbocycles. The van der Waals surface area contributed by atoms with Gasteiger partial charge in [0.15, 0.2) is 17.1 Å². The Bertz CT molecular complexity index is 3200. The first-order valence-corrected chi connectivity index (χ1v) is 15.8. The van der Waals surface area contributed by atoms with Crippen molar-refractivity contribution in [1.82, 2.24) is 14.4 Å². The van der Waals surface area contributed by atoms with Crippen molar-refractivity contribution in [2.45, 2.75) is 55.6 Å². The molecule has 0 aliphatic carbocycles. The van der Waals surface area contributed by atoms with Crippen LogP contribution in [0, 0.1) is 18.6 Å². The second-order valence-corrected chi connectivity index (χ2v) is 11.6. The zero-order valence-electron chi connectivity index (χ0n) is 50.9. The summed E-state index contributed by atoms with van der Waals surface area (Å²) in [7, 11) is -3.92. The maximum absolute atomic E-state index is 15.7. The number of halogens is 5. The molecule has 12 heteroatoms. The molecular weight excluding hydrogens is 710 g/mol. The van der Waals surface area contributed by atoms with Gasteiger partial charge in [0.1, 0.15) is 6.54 Å². The second-order valence-electron chi connectivity index (χ2n) is 10.8. The fourth-order valence-electron chi connectivity index (χ4n) is 4.78. The largest absolute Gasteiger partial charge is 0.416 e. The van der Waals surface area contributed by atoms with E-state index in [0.717, 1.165) is 55.5 Å². The van der Waals surface area contributed by atoms with Crippen LogP contribution in [0.15, 0.2) is 101 Å². The monoisotopic (exact) mass is 773 g/mol. The molecule has 0 spiro atoms. The number of carbonyl (C=O) groups excluding carboxylic acids is 1. The Balaban J connectivity index is 1.71. The zero-order chi connectivity index (χ0) is 58.9. The first kappa shape index (κ1) is 18.2. The van der Waals surface area contributed by atoms with Gasteiger partial charge in [0, 0.05) is 78.2 Å². The average Bonchev–Trinajstić information content (AvgIpc) is 3.28. The SMILES string of the molecule is [2H]c1c(C)c([2H])c2c(c1[2H])c(=O)c([2H])c(SC([2H])([2H])c1cccc(F)c1F)n2CC(=O)N(C([2H])([2H])c1ccc(-c2ccc(C(F)(F)F)cc2)cc1)C1([2H])C([2H])([2H])C([2H])([2H])N(C([2H])([2H])C([2H])([2H])OC([2H])([2H])[2H])C([2H])([2H])C1([2H])[2H]. The van der Waals surface area contributed by atoms with Gasteiger partial charge in [0.2, 0.25) is 5.91 Å². The van der Waals surface area contributed by atoms with E-state index in [9.17, 15) is 32.0 Å². The van der Waals surface area contributed by atoms with Crippen LogP contribution < -0.4 is 5.43 Å². The van der Waals surface area contributed by atoms with Crippen molar-refractivity contribution in [3.63, 3.8) is 0 Å². The number of likely N-dealkylation sites (tertiary alicyclic amines) is 1. The van der Waals surface area contributed by atoms with E-state index in [0.29, 0.717) is 22.8 Å². The van der Waals surface area contributed by atoms with E-state index in [-0.39, 0.29) is 22.9 Å². The highest BCUT2D eigenvalue weighted by Gasteiger charge is 2.31. The Hall–Kier alpha value is -4.52. The third-order valence-electron chi connectivity index (χ3n) is 7.31. The van der Waals surface area contributed by atoms with Crippen LogP contribution in [0.1, 0.15) is 67.9 Å². The van der Waals surface area contributed by atoms with E-state index < -0.39 is 172 Å². The molecule has 1 fully saturated rings. The van der Waals surface area contributed by atoms with Crippen molar-refractivity contribution in [2.75, 3.05) is 33.1 Å². The average molecular weight is 774 g/mol. The fraction of sp³-hybridized carbons (Fsp3) is 0.317. The number of piperidine rings is 1. The Morgan fingerprint density at radius 1 is 1.06 bits per heavy atom.